The van der Waals surface area contributed by atoms with Crippen LogP contribution in [-0.2, 0) is 19.4 Å². The molecule has 0 spiro atoms. The summed E-state index contributed by atoms with van der Waals surface area (Å²) in [5, 5.41) is 0. The molecule has 122 valence electrons. The molecule has 1 unspecified atom stereocenters. The molecule has 0 radical (unpaired) electrons. The summed E-state index contributed by atoms with van der Waals surface area (Å²) in [6, 6.07) is 16.5. The first-order chi connectivity index (χ1) is 11.5. The van der Waals surface area contributed by atoms with Gasteiger partial charge in [0.2, 0.25) is 15.7 Å². The van der Waals surface area contributed by atoms with Crippen LogP contribution in [-0.4, -0.2) is 25.2 Å². The minimum Gasteiger partial charge on any atom is -0.405 e. The molecule has 0 aliphatic carbocycles. The monoisotopic (exact) mass is 341 g/mol. The number of cyclic esters (lactones) is 1. The van der Waals surface area contributed by atoms with Crippen LogP contribution in [0.1, 0.15) is 12.0 Å². The molecule has 6 heteroatoms. The SMILES string of the molecule is C=CCC1(S(=O)(=O)c2ccccc2)N=C(c2ccccc2)OC1=O. The topological polar surface area (TPSA) is 72.8 Å². The molecule has 1 heterocycles. The van der Waals surface area contributed by atoms with E-state index >= 15 is 0 Å². The van der Waals surface area contributed by atoms with E-state index in [1.165, 1.54) is 18.2 Å². The van der Waals surface area contributed by atoms with Crippen molar-refractivity contribution in [2.45, 2.75) is 16.2 Å². The molecule has 0 bridgehead atoms. The molecule has 5 nitrogen and oxygen atoms in total. The number of aliphatic imine (C=N–C) groups is 1. The first-order valence-electron chi connectivity index (χ1n) is 7.29. The minimum absolute atomic E-state index is 0.00181. The van der Waals surface area contributed by atoms with Crippen LogP contribution in [0.15, 0.2) is 83.2 Å². The van der Waals surface area contributed by atoms with Crippen molar-refractivity contribution in [3.05, 3.63) is 78.9 Å². The van der Waals surface area contributed by atoms with E-state index in [9.17, 15) is 13.2 Å². The summed E-state index contributed by atoms with van der Waals surface area (Å²) in [5.74, 6) is -0.910. The van der Waals surface area contributed by atoms with Gasteiger partial charge in [0, 0.05) is 12.0 Å². The zero-order valence-electron chi connectivity index (χ0n) is 12.8. The van der Waals surface area contributed by atoms with Gasteiger partial charge in [0.1, 0.15) is 0 Å². The third-order valence-corrected chi connectivity index (χ3v) is 5.94. The molecule has 1 aliphatic heterocycles. The van der Waals surface area contributed by atoms with Gasteiger partial charge in [-0.2, -0.15) is 0 Å². The maximum atomic E-state index is 13.1. The molecule has 0 N–H and O–H groups in total. The average Bonchev–Trinajstić information content (AvgIpc) is 2.95. The summed E-state index contributed by atoms with van der Waals surface area (Å²) in [5.41, 5.74) is 0.542. The van der Waals surface area contributed by atoms with Gasteiger partial charge in [-0.05, 0) is 24.3 Å². The van der Waals surface area contributed by atoms with Gasteiger partial charge in [0.15, 0.2) is 0 Å². The van der Waals surface area contributed by atoms with Gasteiger partial charge in [-0.15, -0.1) is 6.58 Å². The molecule has 0 saturated heterocycles. The van der Waals surface area contributed by atoms with Crippen LogP contribution < -0.4 is 0 Å². The number of rotatable bonds is 5. The first kappa shape index (κ1) is 16.1. The Morgan fingerprint density at radius 1 is 1.04 bits per heavy atom. The van der Waals surface area contributed by atoms with E-state index in [0.717, 1.165) is 0 Å². The van der Waals surface area contributed by atoms with Crippen LogP contribution in [0, 0.1) is 0 Å². The summed E-state index contributed by atoms with van der Waals surface area (Å²) < 4.78 is 31.4. The highest BCUT2D eigenvalue weighted by Crippen LogP contribution is 2.36. The zero-order valence-corrected chi connectivity index (χ0v) is 13.6. The van der Waals surface area contributed by atoms with Crippen molar-refractivity contribution in [3.63, 3.8) is 0 Å². The maximum absolute atomic E-state index is 13.1. The number of carbonyl (C=O) groups excluding carboxylic acids is 1. The van der Waals surface area contributed by atoms with E-state index in [2.05, 4.69) is 11.6 Å². The highest BCUT2D eigenvalue weighted by atomic mass is 32.2. The van der Waals surface area contributed by atoms with Gasteiger partial charge in [0.05, 0.1) is 4.90 Å². The number of esters is 1. The van der Waals surface area contributed by atoms with E-state index in [1.54, 1.807) is 48.5 Å². The smallest absolute Gasteiger partial charge is 0.357 e. The number of benzene rings is 2. The average molecular weight is 341 g/mol. The Labute approximate surface area is 140 Å². The third kappa shape index (κ3) is 2.45. The van der Waals surface area contributed by atoms with Crippen LogP contribution in [0.2, 0.25) is 0 Å². The number of nitrogens with zero attached hydrogens (tertiary/aromatic N) is 1. The van der Waals surface area contributed by atoms with Gasteiger partial charge in [-0.3, -0.25) is 0 Å². The second kappa shape index (κ2) is 6.05. The highest BCUT2D eigenvalue weighted by Gasteiger charge is 2.56. The molecule has 24 heavy (non-hydrogen) atoms. The molecule has 0 aromatic heterocycles. The lowest BCUT2D eigenvalue weighted by Gasteiger charge is -2.20. The van der Waals surface area contributed by atoms with Crippen molar-refractivity contribution in [2.75, 3.05) is 0 Å². The Balaban J connectivity index is 2.17. The van der Waals surface area contributed by atoms with Gasteiger partial charge in [-0.25, -0.2) is 18.2 Å². The number of sulfone groups is 1. The number of hydrogen-bond donors (Lipinski definition) is 0. The van der Waals surface area contributed by atoms with Crippen LogP contribution in [0.4, 0.5) is 0 Å². The van der Waals surface area contributed by atoms with Crippen LogP contribution in [0.3, 0.4) is 0 Å². The second-order valence-corrected chi connectivity index (χ2v) is 7.42. The Hall–Kier alpha value is -2.73. The van der Waals surface area contributed by atoms with Crippen LogP contribution >= 0.6 is 0 Å². The Bertz CT molecular complexity index is 905. The molecule has 3 rings (SSSR count). The lowest BCUT2D eigenvalue weighted by molar-refractivity contribution is -0.136. The Morgan fingerprint density at radius 3 is 2.21 bits per heavy atom. The fraction of sp³-hybridized carbons (Fsp3) is 0.111. The number of carbonyl (C=O) groups is 1. The van der Waals surface area contributed by atoms with Crippen molar-refractivity contribution >= 4 is 21.7 Å². The fourth-order valence-electron chi connectivity index (χ4n) is 2.50. The summed E-state index contributed by atoms with van der Waals surface area (Å²) >= 11 is 0. The number of ether oxygens (including phenoxy) is 1. The van der Waals surface area contributed by atoms with Gasteiger partial charge >= 0.3 is 5.97 Å². The summed E-state index contributed by atoms with van der Waals surface area (Å²) in [7, 11) is -4.09. The van der Waals surface area contributed by atoms with Gasteiger partial charge in [0.25, 0.3) is 4.87 Å². The van der Waals surface area contributed by atoms with Crippen molar-refractivity contribution in [1.29, 1.82) is 0 Å². The normalized spacial score (nSPS) is 20.3. The standard InChI is InChI=1S/C18H15NO4S/c1-2-13-18(24(21,22)15-11-7-4-8-12-15)17(20)23-16(19-18)14-9-5-3-6-10-14/h2-12H,1,13H2. The lowest BCUT2D eigenvalue weighted by atomic mass is 10.2. The van der Waals surface area contributed by atoms with E-state index in [-0.39, 0.29) is 17.2 Å². The van der Waals surface area contributed by atoms with E-state index in [1.807, 2.05) is 0 Å². The zero-order chi connectivity index (χ0) is 17.2. The van der Waals surface area contributed by atoms with Gasteiger partial charge in [-0.1, -0.05) is 42.5 Å². The largest absolute Gasteiger partial charge is 0.405 e. The van der Waals surface area contributed by atoms with E-state index in [0.29, 0.717) is 5.56 Å². The molecule has 0 amide bonds. The van der Waals surface area contributed by atoms with Gasteiger partial charge < -0.3 is 4.74 Å². The van der Waals surface area contributed by atoms with E-state index in [4.69, 9.17) is 4.74 Å². The molecule has 1 aliphatic rings. The molecule has 0 saturated carbocycles. The highest BCUT2D eigenvalue weighted by molar-refractivity contribution is 7.93. The van der Waals surface area contributed by atoms with Crippen molar-refractivity contribution in [2.24, 2.45) is 4.99 Å². The molecule has 0 fully saturated rings. The lowest BCUT2D eigenvalue weighted by Crippen LogP contribution is -2.42. The Morgan fingerprint density at radius 2 is 1.62 bits per heavy atom. The molecular weight excluding hydrogens is 326 g/mol. The second-order valence-electron chi connectivity index (χ2n) is 5.27. The molecular formula is C18H15NO4S. The minimum atomic E-state index is -4.09. The first-order valence-corrected chi connectivity index (χ1v) is 8.78. The fourth-order valence-corrected chi connectivity index (χ4v) is 4.21. The summed E-state index contributed by atoms with van der Waals surface area (Å²) in [4.78, 5) is 14.7. The third-order valence-electron chi connectivity index (χ3n) is 3.73. The van der Waals surface area contributed by atoms with Crippen LogP contribution in [0.5, 0.6) is 0 Å². The number of hydrogen-bond acceptors (Lipinski definition) is 5. The summed E-state index contributed by atoms with van der Waals surface area (Å²) in [6.45, 7) is 3.57. The molecule has 2 aromatic carbocycles. The molecule has 1 atom stereocenters. The quantitative estimate of drug-likeness (QED) is 0.619. The predicted octanol–water partition coefficient (Wildman–Crippen LogP) is 2.74. The summed E-state index contributed by atoms with van der Waals surface area (Å²) in [6.07, 6.45) is 1.19. The molecule has 2 aromatic rings. The van der Waals surface area contributed by atoms with Crippen molar-refractivity contribution in [1.82, 2.24) is 0 Å². The van der Waals surface area contributed by atoms with Crippen molar-refractivity contribution < 1.29 is 17.9 Å². The Kier molecular flexibility index (Phi) is 4.07. The van der Waals surface area contributed by atoms with Crippen LogP contribution in [0.25, 0.3) is 0 Å². The predicted molar refractivity (Wildman–Crippen MR) is 90.2 cm³/mol. The van der Waals surface area contributed by atoms with Crippen molar-refractivity contribution in [3.8, 4) is 0 Å². The van der Waals surface area contributed by atoms with E-state index < -0.39 is 20.7 Å². The maximum Gasteiger partial charge on any atom is 0.357 e.